The fourth-order valence-corrected chi connectivity index (χ4v) is 1.85. The molecule has 0 radical (unpaired) electrons. The molecule has 0 saturated heterocycles. The standard InChI is InChI=1S/C4H9BBr2/c1-4(2)3-5(6)7/h4H,3H2,1-2H3. The van der Waals surface area contributed by atoms with Crippen molar-refractivity contribution in [2.45, 2.75) is 20.2 Å². The third-order valence-electron chi connectivity index (χ3n) is 0.650. The molecule has 0 aliphatic heterocycles. The van der Waals surface area contributed by atoms with Crippen LogP contribution in [0, 0.1) is 5.92 Å². The molecule has 0 N–H and O–H groups in total. The van der Waals surface area contributed by atoms with Gasteiger partial charge in [-0.15, -0.1) is 31.5 Å². The summed E-state index contributed by atoms with van der Waals surface area (Å²) in [5.41, 5.74) is 0. The van der Waals surface area contributed by atoms with Crippen LogP contribution >= 0.6 is 31.5 Å². The molecule has 0 unspecified atom stereocenters. The Kier molecular flexibility index (Phi) is 4.54. The topological polar surface area (TPSA) is 0 Å². The molecular formula is C4H9BBr2. The molecule has 0 rings (SSSR count). The summed E-state index contributed by atoms with van der Waals surface area (Å²) in [6.07, 6.45) is 1.19. The zero-order valence-electron chi connectivity index (χ0n) is 4.62. The Morgan fingerprint density at radius 2 is 1.86 bits per heavy atom. The number of hydrogen-bond donors (Lipinski definition) is 0. The number of hydrogen-bond acceptors (Lipinski definition) is 0. The smallest absolute Gasteiger partial charge is 0.139 e. The van der Waals surface area contributed by atoms with Gasteiger partial charge in [-0.25, -0.2) is 0 Å². The SMILES string of the molecule is CC(C)CB(Br)Br. The van der Waals surface area contributed by atoms with Crippen LogP contribution in [0.2, 0.25) is 6.32 Å². The van der Waals surface area contributed by atoms with Gasteiger partial charge >= 0.3 is 0 Å². The largest absolute Gasteiger partial charge is 0.298 e. The minimum Gasteiger partial charge on any atom is -0.139 e. The first-order valence-corrected chi connectivity index (χ1v) is 4.24. The minimum absolute atomic E-state index is 0.500. The highest BCUT2D eigenvalue weighted by Gasteiger charge is 2.04. The summed E-state index contributed by atoms with van der Waals surface area (Å²) in [5.74, 6) is 0.781. The van der Waals surface area contributed by atoms with Gasteiger partial charge in [0.15, 0.2) is 0 Å². The van der Waals surface area contributed by atoms with Gasteiger partial charge in [-0.2, -0.15) is 0 Å². The van der Waals surface area contributed by atoms with Crippen LogP contribution in [0.4, 0.5) is 0 Å². The van der Waals surface area contributed by atoms with Crippen molar-refractivity contribution in [1.82, 2.24) is 0 Å². The third-order valence-corrected chi connectivity index (χ3v) is 1.40. The fourth-order valence-electron chi connectivity index (χ4n) is 0.356. The maximum Gasteiger partial charge on any atom is 0.298 e. The second-order valence-corrected chi connectivity index (χ2v) is 5.46. The summed E-state index contributed by atoms with van der Waals surface area (Å²) in [5, 5.41) is 0. The molecule has 0 aliphatic carbocycles. The molecular weight excluding hydrogens is 219 g/mol. The normalized spacial score (nSPS) is 9.86. The van der Waals surface area contributed by atoms with Gasteiger partial charge in [0.1, 0.15) is 0 Å². The average Bonchev–Trinajstić information content (AvgIpc) is 1.27. The first-order chi connectivity index (χ1) is 3.13. The van der Waals surface area contributed by atoms with Crippen LogP contribution in [0.25, 0.3) is 0 Å². The van der Waals surface area contributed by atoms with Crippen molar-refractivity contribution in [2.75, 3.05) is 0 Å². The van der Waals surface area contributed by atoms with Gasteiger partial charge in [-0.05, 0) is 0 Å². The lowest BCUT2D eigenvalue weighted by atomic mass is 9.94. The maximum atomic E-state index is 3.39. The van der Waals surface area contributed by atoms with Crippen LogP contribution in [0.15, 0.2) is 0 Å². The van der Waals surface area contributed by atoms with E-state index in [1.165, 1.54) is 6.32 Å². The van der Waals surface area contributed by atoms with Gasteiger partial charge in [-0.1, -0.05) is 26.1 Å². The molecule has 0 fully saturated rings. The first kappa shape index (κ1) is 8.02. The van der Waals surface area contributed by atoms with Crippen molar-refractivity contribution >= 4 is 35.9 Å². The molecule has 0 aliphatic rings. The van der Waals surface area contributed by atoms with Gasteiger partial charge in [-0.3, -0.25) is 0 Å². The van der Waals surface area contributed by atoms with Crippen LogP contribution in [0.3, 0.4) is 0 Å². The monoisotopic (exact) mass is 226 g/mol. The second-order valence-electron chi connectivity index (χ2n) is 2.02. The van der Waals surface area contributed by atoms with Crippen molar-refractivity contribution in [2.24, 2.45) is 5.92 Å². The molecule has 0 aromatic heterocycles. The Balaban J connectivity index is 2.95. The molecule has 0 heterocycles. The van der Waals surface area contributed by atoms with E-state index in [1.54, 1.807) is 0 Å². The predicted molar refractivity (Wildman–Crippen MR) is 43.3 cm³/mol. The molecule has 0 bridgehead atoms. The van der Waals surface area contributed by atoms with Gasteiger partial charge in [0.05, 0.1) is 0 Å². The van der Waals surface area contributed by atoms with E-state index in [0.29, 0.717) is 4.36 Å². The summed E-state index contributed by atoms with van der Waals surface area (Å²) in [4.78, 5) is 0. The van der Waals surface area contributed by atoms with Crippen molar-refractivity contribution < 1.29 is 0 Å². The highest BCUT2D eigenvalue weighted by Crippen LogP contribution is 2.14. The van der Waals surface area contributed by atoms with Crippen LogP contribution < -0.4 is 0 Å². The van der Waals surface area contributed by atoms with E-state index in [4.69, 9.17) is 0 Å². The van der Waals surface area contributed by atoms with E-state index >= 15 is 0 Å². The molecule has 42 valence electrons. The summed E-state index contributed by atoms with van der Waals surface area (Å²) in [7, 11) is 0. The molecule has 7 heavy (non-hydrogen) atoms. The highest BCUT2D eigenvalue weighted by molar-refractivity contribution is 9.49. The van der Waals surface area contributed by atoms with E-state index in [9.17, 15) is 0 Å². The van der Waals surface area contributed by atoms with E-state index in [-0.39, 0.29) is 0 Å². The molecule has 0 aromatic rings. The maximum absolute atomic E-state index is 3.39. The lowest BCUT2D eigenvalue weighted by Gasteiger charge is -1.99. The lowest BCUT2D eigenvalue weighted by Crippen LogP contribution is -1.95. The minimum atomic E-state index is 0.500. The van der Waals surface area contributed by atoms with Gasteiger partial charge < -0.3 is 0 Å². The van der Waals surface area contributed by atoms with Crippen LogP contribution in [0.1, 0.15) is 13.8 Å². The van der Waals surface area contributed by atoms with Crippen molar-refractivity contribution in [3.05, 3.63) is 0 Å². The van der Waals surface area contributed by atoms with Gasteiger partial charge in [0.2, 0.25) is 0 Å². The molecule has 0 amide bonds. The van der Waals surface area contributed by atoms with Crippen LogP contribution in [-0.4, -0.2) is 4.36 Å². The highest BCUT2D eigenvalue weighted by atomic mass is 79.9. The quantitative estimate of drug-likeness (QED) is 0.637. The molecule has 0 atom stereocenters. The first-order valence-electron chi connectivity index (χ1n) is 2.41. The summed E-state index contributed by atoms with van der Waals surface area (Å²) in [6, 6.07) is 0. The Labute approximate surface area is 62.1 Å². The zero-order valence-corrected chi connectivity index (χ0v) is 7.79. The zero-order chi connectivity index (χ0) is 5.86. The number of halogens is 2. The Bertz CT molecular complexity index is 39.0. The van der Waals surface area contributed by atoms with Crippen molar-refractivity contribution in [1.29, 1.82) is 0 Å². The third kappa shape index (κ3) is 7.02. The van der Waals surface area contributed by atoms with Crippen LogP contribution in [0.5, 0.6) is 0 Å². The van der Waals surface area contributed by atoms with Gasteiger partial charge in [0, 0.05) is 0 Å². The van der Waals surface area contributed by atoms with E-state index < -0.39 is 0 Å². The second kappa shape index (κ2) is 3.96. The lowest BCUT2D eigenvalue weighted by molar-refractivity contribution is 0.733. The van der Waals surface area contributed by atoms with Crippen molar-refractivity contribution in [3.8, 4) is 0 Å². The molecule has 0 aromatic carbocycles. The van der Waals surface area contributed by atoms with Crippen molar-refractivity contribution in [3.63, 3.8) is 0 Å². The summed E-state index contributed by atoms with van der Waals surface area (Å²) < 4.78 is 0.500. The molecule has 3 heteroatoms. The molecule has 0 spiro atoms. The predicted octanol–water partition coefficient (Wildman–Crippen LogP) is 2.92. The van der Waals surface area contributed by atoms with E-state index in [0.717, 1.165) is 5.92 Å². The number of rotatable bonds is 2. The van der Waals surface area contributed by atoms with E-state index in [2.05, 4.69) is 45.4 Å². The summed E-state index contributed by atoms with van der Waals surface area (Å²) >= 11 is 6.78. The van der Waals surface area contributed by atoms with E-state index in [1.807, 2.05) is 0 Å². The Morgan fingerprint density at radius 3 is 1.86 bits per heavy atom. The molecule has 0 saturated carbocycles. The molecule has 0 nitrogen and oxygen atoms in total. The van der Waals surface area contributed by atoms with Gasteiger partial charge in [0.25, 0.3) is 4.36 Å². The summed E-state index contributed by atoms with van der Waals surface area (Å²) in [6.45, 7) is 4.41. The average molecular weight is 228 g/mol. The Morgan fingerprint density at radius 1 is 1.43 bits per heavy atom. The fraction of sp³-hybridized carbons (Fsp3) is 1.00. The Hall–Kier alpha value is 1.02. The van der Waals surface area contributed by atoms with Crippen LogP contribution in [-0.2, 0) is 0 Å².